The van der Waals surface area contributed by atoms with Crippen LogP contribution in [0.2, 0.25) is 5.02 Å². The van der Waals surface area contributed by atoms with Crippen molar-refractivity contribution in [2.75, 3.05) is 39.3 Å². The minimum atomic E-state index is -0.344. The predicted molar refractivity (Wildman–Crippen MR) is 92.8 cm³/mol. The number of nitrogens with one attached hydrogen (secondary N) is 1. The molecule has 1 unspecified atom stereocenters. The van der Waals surface area contributed by atoms with Gasteiger partial charge in [-0.3, -0.25) is 19.5 Å². The van der Waals surface area contributed by atoms with E-state index in [4.69, 9.17) is 11.6 Å². The Morgan fingerprint density at radius 2 is 2.00 bits per heavy atom. The summed E-state index contributed by atoms with van der Waals surface area (Å²) in [5.74, 6) is -0.459. The van der Waals surface area contributed by atoms with Gasteiger partial charge in [0.15, 0.2) is 0 Å². The molecule has 2 heterocycles. The van der Waals surface area contributed by atoms with E-state index in [1.807, 2.05) is 6.92 Å². The molecule has 0 bridgehead atoms. The molecule has 1 aromatic rings. The van der Waals surface area contributed by atoms with Gasteiger partial charge in [-0.25, -0.2) is 9.18 Å². The summed E-state index contributed by atoms with van der Waals surface area (Å²) in [5, 5.41) is 3.08. The van der Waals surface area contributed by atoms with Crippen LogP contribution in [0.5, 0.6) is 0 Å². The van der Waals surface area contributed by atoms with Gasteiger partial charge in [0.2, 0.25) is 5.91 Å². The van der Waals surface area contributed by atoms with Crippen molar-refractivity contribution >= 4 is 23.5 Å². The van der Waals surface area contributed by atoms with Crippen LogP contribution in [-0.4, -0.2) is 71.9 Å². The normalized spacial score (nSPS) is 20.6. The standard InChI is InChI=1S/C17H22ClFN4O2/c1-12(16(24)23-6-5-20-17(23)25)22-9-7-21(8-10-22)11-13-14(18)3-2-4-15(13)19/h2-4,12H,5-11H2,1H3,(H,20,25). The number of hydrogen-bond acceptors (Lipinski definition) is 4. The van der Waals surface area contributed by atoms with Crippen molar-refractivity contribution < 1.29 is 14.0 Å². The molecule has 0 aliphatic carbocycles. The van der Waals surface area contributed by atoms with Gasteiger partial charge >= 0.3 is 6.03 Å². The lowest BCUT2D eigenvalue weighted by Gasteiger charge is -2.38. The van der Waals surface area contributed by atoms with E-state index in [9.17, 15) is 14.0 Å². The number of nitrogens with zero attached hydrogens (tertiary/aromatic N) is 3. The Bertz CT molecular complexity index is 644. The highest BCUT2D eigenvalue weighted by molar-refractivity contribution is 6.31. The van der Waals surface area contributed by atoms with Gasteiger partial charge in [-0.15, -0.1) is 0 Å². The van der Waals surface area contributed by atoms with Gasteiger partial charge in [-0.1, -0.05) is 17.7 Å². The molecule has 2 aliphatic rings. The lowest BCUT2D eigenvalue weighted by atomic mass is 10.1. The van der Waals surface area contributed by atoms with E-state index in [2.05, 4.69) is 15.1 Å². The quantitative estimate of drug-likeness (QED) is 0.876. The van der Waals surface area contributed by atoms with Crippen LogP contribution in [0.15, 0.2) is 18.2 Å². The first-order valence-electron chi connectivity index (χ1n) is 8.46. The number of hydrogen-bond donors (Lipinski definition) is 1. The monoisotopic (exact) mass is 368 g/mol. The summed E-state index contributed by atoms with van der Waals surface area (Å²) in [5.41, 5.74) is 0.510. The molecule has 2 aliphatic heterocycles. The summed E-state index contributed by atoms with van der Waals surface area (Å²) in [6.45, 7) is 6.03. The van der Waals surface area contributed by atoms with Crippen molar-refractivity contribution in [3.8, 4) is 0 Å². The van der Waals surface area contributed by atoms with Gasteiger partial charge in [0.25, 0.3) is 0 Å². The zero-order valence-corrected chi connectivity index (χ0v) is 14.9. The maximum absolute atomic E-state index is 13.9. The summed E-state index contributed by atoms with van der Waals surface area (Å²) in [6, 6.07) is 4.05. The Hall–Kier alpha value is -1.70. The largest absolute Gasteiger partial charge is 0.336 e. The van der Waals surface area contributed by atoms with E-state index in [1.54, 1.807) is 12.1 Å². The Balaban J connectivity index is 1.55. The summed E-state index contributed by atoms with van der Waals surface area (Å²) in [7, 11) is 0. The first kappa shape index (κ1) is 18.1. The van der Waals surface area contributed by atoms with E-state index in [0.717, 1.165) is 0 Å². The zero-order valence-electron chi connectivity index (χ0n) is 14.2. The smallest absolute Gasteiger partial charge is 0.324 e. The van der Waals surface area contributed by atoms with Crippen LogP contribution < -0.4 is 5.32 Å². The maximum atomic E-state index is 13.9. The SMILES string of the molecule is CC(C(=O)N1CCNC1=O)N1CCN(Cc2c(F)cccc2Cl)CC1. The van der Waals surface area contributed by atoms with Crippen LogP contribution in [0.25, 0.3) is 0 Å². The molecule has 2 fully saturated rings. The average molecular weight is 369 g/mol. The van der Waals surface area contributed by atoms with Crippen molar-refractivity contribution in [3.05, 3.63) is 34.6 Å². The number of benzene rings is 1. The summed E-state index contributed by atoms with van der Waals surface area (Å²) in [4.78, 5) is 29.6. The van der Waals surface area contributed by atoms with E-state index in [0.29, 0.717) is 56.4 Å². The lowest BCUT2D eigenvalue weighted by Crippen LogP contribution is -2.54. The summed E-state index contributed by atoms with van der Waals surface area (Å²) < 4.78 is 13.9. The van der Waals surface area contributed by atoms with Gasteiger partial charge in [-0.2, -0.15) is 0 Å². The third kappa shape index (κ3) is 3.94. The van der Waals surface area contributed by atoms with Crippen molar-refractivity contribution in [3.63, 3.8) is 0 Å². The molecular formula is C17H22ClFN4O2. The molecule has 8 heteroatoms. The molecule has 0 radical (unpaired) electrons. The van der Waals surface area contributed by atoms with Crippen molar-refractivity contribution in [1.29, 1.82) is 0 Å². The second kappa shape index (κ2) is 7.68. The fourth-order valence-electron chi connectivity index (χ4n) is 3.28. The van der Waals surface area contributed by atoms with E-state index in [1.165, 1.54) is 11.0 Å². The molecule has 2 saturated heterocycles. The maximum Gasteiger partial charge on any atom is 0.324 e. The van der Waals surface area contributed by atoms with Gasteiger partial charge < -0.3 is 5.32 Å². The van der Waals surface area contributed by atoms with Crippen molar-refractivity contribution in [2.45, 2.75) is 19.5 Å². The number of urea groups is 1. The number of rotatable bonds is 4. The van der Waals surface area contributed by atoms with Crippen LogP contribution in [0, 0.1) is 5.82 Å². The average Bonchev–Trinajstić information content (AvgIpc) is 3.03. The number of piperazine rings is 1. The first-order valence-corrected chi connectivity index (χ1v) is 8.83. The Morgan fingerprint density at radius 1 is 1.28 bits per heavy atom. The van der Waals surface area contributed by atoms with E-state index in [-0.39, 0.29) is 23.8 Å². The minimum absolute atomic E-state index is 0.166. The molecule has 3 rings (SSSR count). The van der Waals surface area contributed by atoms with Crippen molar-refractivity contribution in [1.82, 2.24) is 20.0 Å². The summed E-state index contributed by atoms with van der Waals surface area (Å²) >= 11 is 6.09. The van der Waals surface area contributed by atoms with Crippen LogP contribution in [0.3, 0.4) is 0 Å². The molecule has 136 valence electrons. The van der Waals surface area contributed by atoms with E-state index < -0.39 is 0 Å². The van der Waals surface area contributed by atoms with E-state index >= 15 is 0 Å². The third-order valence-electron chi connectivity index (χ3n) is 4.88. The highest BCUT2D eigenvalue weighted by Gasteiger charge is 2.33. The molecule has 1 aromatic carbocycles. The molecule has 0 saturated carbocycles. The van der Waals surface area contributed by atoms with Gasteiger partial charge in [0.05, 0.1) is 6.04 Å². The number of imide groups is 1. The highest BCUT2D eigenvalue weighted by atomic mass is 35.5. The van der Waals surface area contributed by atoms with Gasteiger partial charge in [0.1, 0.15) is 5.82 Å². The molecule has 6 nitrogen and oxygen atoms in total. The Labute approximate surface area is 151 Å². The van der Waals surface area contributed by atoms with Gasteiger partial charge in [0, 0.05) is 56.4 Å². The lowest BCUT2D eigenvalue weighted by molar-refractivity contribution is -0.133. The van der Waals surface area contributed by atoms with Gasteiger partial charge in [-0.05, 0) is 19.1 Å². The van der Waals surface area contributed by atoms with Crippen LogP contribution in [0.1, 0.15) is 12.5 Å². The fraction of sp³-hybridized carbons (Fsp3) is 0.529. The molecule has 0 spiro atoms. The Kier molecular flexibility index (Phi) is 5.56. The van der Waals surface area contributed by atoms with Crippen LogP contribution in [0.4, 0.5) is 9.18 Å². The van der Waals surface area contributed by atoms with Crippen LogP contribution >= 0.6 is 11.6 Å². The number of carbonyl (C=O) groups excluding carboxylic acids is 2. The number of carbonyl (C=O) groups is 2. The molecule has 25 heavy (non-hydrogen) atoms. The molecule has 1 N–H and O–H groups in total. The third-order valence-corrected chi connectivity index (χ3v) is 5.23. The highest BCUT2D eigenvalue weighted by Crippen LogP contribution is 2.21. The topological polar surface area (TPSA) is 55.9 Å². The fourth-order valence-corrected chi connectivity index (χ4v) is 3.50. The molecule has 0 aromatic heterocycles. The van der Waals surface area contributed by atoms with Crippen LogP contribution in [-0.2, 0) is 11.3 Å². The van der Waals surface area contributed by atoms with Crippen molar-refractivity contribution in [2.24, 2.45) is 0 Å². The number of amides is 3. The summed E-state index contributed by atoms with van der Waals surface area (Å²) in [6.07, 6.45) is 0. The molecule has 1 atom stereocenters. The molecule has 3 amide bonds. The first-order chi connectivity index (χ1) is 12.0. The number of halogens is 2. The predicted octanol–water partition coefficient (Wildman–Crippen LogP) is 1.54. The minimum Gasteiger partial charge on any atom is -0.336 e. The molecular weight excluding hydrogens is 347 g/mol. The zero-order chi connectivity index (χ0) is 18.0. The second-order valence-electron chi connectivity index (χ2n) is 6.41. The Morgan fingerprint density at radius 3 is 2.60 bits per heavy atom. The second-order valence-corrected chi connectivity index (χ2v) is 6.82.